The number of carbonyl (C=O) groups excluding carboxylic acids is 5. The zero-order chi connectivity index (χ0) is 32.2. The quantitative estimate of drug-likeness (QED) is 0.270. The van der Waals surface area contributed by atoms with Gasteiger partial charge in [0.1, 0.15) is 23.6 Å². The largest absolute Gasteiger partial charge is 0.451 e. The molecule has 4 N–H and O–H groups in total. The van der Waals surface area contributed by atoms with Crippen LogP contribution in [0.15, 0.2) is 42.5 Å². The van der Waals surface area contributed by atoms with E-state index >= 15 is 0 Å². The van der Waals surface area contributed by atoms with Gasteiger partial charge >= 0.3 is 12.1 Å². The molecule has 4 amide bonds. The topological polar surface area (TPSA) is 152 Å². The van der Waals surface area contributed by atoms with Crippen LogP contribution in [0.2, 0.25) is 0 Å². The fourth-order valence-corrected chi connectivity index (χ4v) is 5.41. The van der Waals surface area contributed by atoms with Crippen molar-refractivity contribution < 1.29 is 33.4 Å². The predicted molar refractivity (Wildman–Crippen MR) is 164 cm³/mol. The Balaban J connectivity index is 1.39. The molecule has 2 aliphatic rings. The highest BCUT2D eigenvalue weighted by Gasteiger charge is 2.51. The summed E-state index contributed by atoms with van der Waals surface area (Å²) >= 11 is 0. The number of ether oxygens (including phenoxy) is 2. The van der Waals surface area contributed by atoms with Gasteiger partial charge in [-0.05, 0) is 68.7 Å². The van der Waals surface area contributed by atoms with E-state index in [4.69, 9.17) is 9.47 Å². The average Bonchev–Trinajstić information content (AvgIpc) is 3.69. The molecule has 0 spiro atoms. The highest BCUT2D eigenvalue weighted by molar-refractivity contribution is 5.95. The predicted octanol–water partition coefficient (Wildman–Crippen LogP) is 3.34. The maximum Gasteiger partial charge on any atom is 0.408 e. The minimum Gasteiger partial charge on any atom is -0.451 e. The van der Waals surface area contributed by atoms with Crippen LogP contribution in [0, 0.1) is 17.8 Å². The van der Waals surface area contributed by atoms with E-state index in [9.17, 15) is 24.0 Å². The second-order valence-electron chi connectivity index (χ2n) is 12.9. The van der Waals surface area contributed by atoms with Gasteiger partial charge in [-0.3, -0.25) is 19.2 Å². The van der Waals surface area contributed by atoms with Crippen LogP contribution in [0.4, 0.5) is 4.79 Å². The summed E-state index contributed by atoms with van der Waals surface area (Å²) in [6.07, 6.45) is 0.102. The Morgan fingerprint density at radius 2 is 1.70 bits per heavy atom. The number of cyclic esters (lactones) is 1. The lowest BCUT2D eigenvalue weighted by Crippen LogP contribution is -2.56. The van der Waals surface area contributed by atoms with Gasteiger partial charge in [0.15, 0.2) is 6.10 Å². The Kier molecular flexibility index (Phi) is 10.2. The SMILES string of the molecule is CCC(C)C1C(=O)OC1C(=O)NC1CC1CC(NC(=O)C(C)NC(=O)OC(C)(C)C)C(=O)NCc1cccc2ccccc12. The van der Waals surface area contributed by atoms with Crippen LogP contribution in [-0.2, 0) is 35.2 Å². The number of nitrogens with one attached hydrogen (secondary N) is 4. The van der Waals surface area contributed by atoms with Crippen molar-refractivity contribution in [2.45, 2.75) is 97.2 Å². The fourth-order valence-electron chi connectivity index (χ4n) is 5.41. The van der Waals surface area contributed by atoms with Crippen molar-refractivity contribution in [2.75, 3.05) is 0 Å². The molecule has 44 heavy (non-hydrogen) atoms. The van der Waals surface area contributed by atoms with Crippen molar-refractivity contribution in [3.63, 3.8) is 0 Å². The standard InChI is InChI=1S/C33H44N4O7/c1-7-18(2)26-27(43-31(26)41)30(40)36-24-15-22(24)16-25(37-28(38)19(3)35-32(42)44-33(4,5)6)29(39)34-17-21-13-10-12-20-11-8-9-14-23(20)21/h8-14,18-19,22,24-27H,7,15-17H2,1-6H3,(H,34,39)(H,35,42)(H,36,40)(H,37,38). The second-order valence-corrected chi connectivity index (χ2v) is 12.9. The molecule has 1 heterocycles. The lowest BCUT2D eigenvalue weighted by molar-refractivity contribution is -0.193. The molecule has 0 radical (unpaired) electrons. The van der Waals surface area contributed by atoms with Crippen LogP contribution in [0.25, 0.3) is 10.8 Å². The summed E-state index contributed by atoms with van der Waals surface area (Å²) in [7, 11) is 0. The van der Waals surface area contributed by atoms with Crippen molar-refractivity contribution in [3.8, 4) is 0 Å². The Hall–Kier alpha value is -4.15. The third kappa shape index (κ3) is 8.27. The molecule has 11 heteroatoms. The maximum atomic E-state index is 13.5. The van der Waals surface area contributed by atoms with E-state index in [0.29, 0.717) is 6.42 Å². The summed E-state index contributed by atoms with van der Waals surface area (Å²) in [4.78, 5) is 63.6. The van der Waals surface area contributed by atoms with Gasteiger partial charge in [0.05, 0.1) is 0 Å². The van der Waals surface area contributed by atoms with Crippen molar-refractivity contribution in [1.82, 2.24) is 21.3 Å². The van der Waals surface area contributed by atoms with Crippen molar-refractivity contribution in [3.05, 3.63) is 48.0 Å². The third-order valence-corrected chi connectivity index (χ3v) is 8.24. The molecule has 0 aromatic heterocycles. The summed E-state index contributed by atoms with van der Waals surface area (Å²) in [6, 6.07) is 11.7. The number of hydrogen-bond acceptors (Lipinski definition) is 7. The number of alkyl carbamates (subject to hydrolysis) is 1. The summed E-state index contributed by atoms with van der Waals surface area (Å²) in [5, 5.41) is 13.3. The molecule has 1 aliphatic heterocycles. The summed E-state index contributed by atoms with van der Waals surface area (Å²) < 4.78 is 10.4. The number of amides is 4. The molecule has 1 saturated carbocycles. The van der Waals surface area contributed by atoms with Gasteiger partial charge in [0.25, 0.3) is 5.91 Å². The van der Waals surface area contributed by atoms with Crippen molar-refractivity contribution in [1.29, 1.82) is 0 Å². The highest BCUT2D eigenvalue weighted by atomic mass is 16.6. The number of rotatable bonds is 12. The maximum absolute atomic E-state index is 13.5. The van der Waals surface area contributed by atoms with Gasteiger partial charge in [-0.25, -0.2) is 4.79 Å². The minimum absolute atomic E-state index is 0.0308. The fraction of sp³-hybridized carbons (Fsp3) is 0.545. The van der Waals surface area contributed by atoms with E-state index in [1.54, 1.807) is 20.8 Å². The third-order valence-electron chi connectivity index (χ3n) is 8.24. The minimum atomic E-state index is -0.960. The van der Waals surface area contributed by atoms with Crippen LogP contribution in [0.5, 0.6) is 0 Å². The van der Waals surface area contributed by atoms with Crippen molar-refractivity contribution >= 4 is 40.6 Å². The van der Waals surface area contributed by atoms with Crippen molar-refractivity contribution in [2.24, 2.45) is 17.8 Å². The van der Waals surface area contributed by atoms with E-state index in [1.807, 2.05) is 56.3 Å². The number of esters is 1. The second kappa shape index (κ2) is 13.7. The summed E-state index contributed by atoms with van der Waals surface area (Å²) in [6.45, 7) is 10.8. The van der Waals surface area contributed by atoms with E-state index in [-0.39, 0.29) is 48.6 Å². The first-order chi connectivity index (χ1) is 20.8. The zero-order valence-electron chi connectivity index (χ0n) is 26.3. The molecule has 11 nitrogen and oxygen atoms in total. The Labute approximate surface area is 258 Å². The van der Waals surface area contributed by atoms with E-state index < -0.39 is 41.7 Å². The van der Waals surface area contributed by atoms with Gasteiger partial charge < -0.3 is 30.7 Å². The molecule has 7 atom stereocenters. The summed E-state index contributed by atoms with van der Waals surface area (Å²) in [5.74, 6) is -2.10. The van der Waals surface area contributed by atoms with Crippen LogP contribution in [-0.4, -0.2) is 59.6 Å². The van der Waals surface area contributed by atoms with Gasteiger partial charge in [-0.2, -0.15) is 0 Å². The molecule has 238 valence electrons. The number of carbonyl (C=O) groups is 5. The monoisotopic (exact) mass is 608 g/mol. The molecule has 0 bridgehead atoms. The Morgan fingerprint density at radius 3 is 2.39 bits per heavy atom. The van der Waals surface area contributed by atoms with E-state index in [2.05, 4.69) is 21.3 Å². The Bertz CT molecular complexity index is 1400. The van der Waals surface area contributed by atoms with Gasteiger partial charge in [-0.15, -0.1) is 0 Å². The lowest BCUT2D eigenvalue weighted by Gasteiger charge is -2.37. The van der Waals surface area contributed by atoms with Gasteiger partial charge in [0, 0.05) is 12.6 Å². The molecular weight excluding hydrogens is 564 g/mol. The van der Waals surface area contributed by atoms with Gasteiger partial charge in [0.2, 0.25) is 11.8 Å². The molecule has 2 aromatic carbocycles. The molecule has 1 saturated heterocycles. The Morgan fingerprint density at radius 1 is 1.00 bits per heavy atom. The smallest absolute Gasteiger partial charge is 0.408 e. The van der Waals surface area contributed by atoms with Crippen LogP contribution in [0.1, 0.15) is 66.4 Å². The summed E-state index contributed by atoms with van der Waals surface area (Å²) in [5.41, 5.74) is 0.200. The highest BCUT2D eigenvalue weighted by Crippen LogP contribution is 2.37. The normalized spacial score (nSPS) is 22.8. The number of benzene rings is 2. The first-order valence-electron chi connectivity index (χ1n) is 15.3. The van der Waals surface area contributed by atoms with Crippen LogP contribution in [0.3, 0.4) is 0 Å². The molecule has 2 fully saturated rings. The number of fused-ring (bicyclic) bond motifs is 1. The molecular formula is C33H44N4O7. The molecule has 7 unspecified atom stereocenters. The zero-order valence-corrected chi connectivity index (χ0v) is 26.3. The molecule has 2 aromatic rings. The number of hydrogen-bond donors (Lipinski definition) is 4. The van der Waals surface area contributed by atoms with E-state index in [1.165, 1.54) is 6.92 Å². The molecule has 4 rings (SSSR count). The lowest BCUT2D eigenvalue weighted by atomic mass is 9.83. The first kappa shape index (κ1) is 32.8. The average molecular weight is 609 g/mol. The van der Waals surface area contributed by atoms with Gasteiger partial charge in [-0.1, -0.05) is 62.7 Å². The molecule has 1 aliphatic carbocycles. The van der Waals surface area contributed by atoms with E-state index in [0.717, 1.165) is 22.8 Å². The van der Waals surface area contributed by atoms with Crippen LogP contribution < -0.4 is 21.3 Å². The first-order valence-corrected chi connectivity index (χ1v) is 15.3. The van der Waals surface area contributed by atoms with Crippen LogP contribution >= 0.6 is 0 Å².